The van der Waals surface area contributed by atoms with Gasteiger partial charge in [-0.15, -0.1) is 0 Å². The molecule has 2 aromatic rings. The van der Waals surface area contributed by atoms with Gasteiger partial charge in [-0.25, -0.2) is 9.37 Å². The van der Waals surface area contributed by atoms with Gasteiger partial charge in [-0.05, 0) is 30.3 Å². The minimum Gasteiger partial charge on any atom is -0.399 e. The van der Waals surface area contributed by atoms with Crippen LogP contribution in [-0.4, -0.2) is 17.9 Å². The molecule has 0 fully saturated rings. The predicted molar refractivity (Wildman–Crippen MR) is 67.8 cm³/mol. The number of amides is 1. The van der Waals surface area contributed by atoms with Gasteiger partial charge in [0.1, 0.15) is 11.6 Å². The summed E-state index contributed by atoms with van der Waals surface area (Å²) in [5, 5.41) is 0. The van der Waals surface area contributed by atoms with E-state index in [-0.39, 0.29) is 11.7 Å². The molecule has 0 aliphatic heterocycles. The zero-order chi connectivity index (χ0) is 13.1. The summed E-state index contributed by atoms with van der Waals surface area (Å²) in [4.78, 5) is 17.5. The van der Waals surface area contributed by atoms with Crippen LogP contribution in [0.3, 0.4) is 0 Å². The SMILES string of the molecule is CN(C(=O)c1ccc(F)cc1)c1cc(N)ccn1. The number of rotatable bonds is 2. The average molecular weight is 245 g/mol. The number of benzene rings is 1. The standard InChI is InChI=1S/C13H12FN3O/c1-17(12-8-11(15)6-7-16-12)13(18)9-2-4-10(14)5-3-9/h2-8H,1H3,(H2,15,16). The van der Waals surface area contributed by atoms with E-state index in [1.807, 2.05) is 0 Å². The van der Waals surface area contributed by atoms with Gasteiger partial charge in [-0.1, -0.05) is 0 Å². The van der Waals surface area contributed by atoms with Crippen molar-refractivity contribution in [3.8, 4) is 0 Å². The van der Waals surface area contributed by atoms with Crippen LogP contribution in [0.2, 0.25) is 0 Å². The molecule has 5 heteroatoms. The van der Waals surface area contributed by atoms with Gasteiger partial charge in [0.2, 0.25) is 0 Å². The first-order chi connectivity index (χ1) is 8.58. The minimum absolute atomic E-state index is 0.270. The molecule has 0 saturated carbocycles. The number of nitrogen functional groups attached to an aromatic ring is 1. The summed E-state index contributed by atoms with van der Waals surface area (Å²) in [5.74, 6) is -0.200. The maximum atomic E-state index is 12.8. The molecule has 1 aromatic heterocycles. The molecule has 92 valence electrons. The number of carbonyl (C=O) groups is 1. The van der Waals surface area contributed by atoms with Gasteiger partial charge in [0, 0.05) is 30.6 Å². The Balaban J connectivity index is 2.26. The number of nitrogens with zero attached hydrogens (tertiary/aromatic N) is 2. The van der Waals surface area contributed by atoms with Crippen LogP contribution in [-0.2, 0) is 0 Å². The Kier molecular flexibility index (Phi) is 3.23. The van der Waals surface area contributed by atoms with Crippen LogP contribution in [0.4, 0.5) is 15.9 Å². The monoisotopic (exact) mass is 245 g/mol. The highest BCUT2D eigenvalue weighted by Gasteiger charge is 2.14. The van der Waals surface area contributed by atoms with Crippen molar-refractivity contribution >= 4 is 17.4 Å². The van der Waals surface area contributed by atoms with Crippen molar-refractivity contribution in [1.82, 2.24) is 4.98 Å². The smallest absolute Gasteiger partial charge is 0.259 e. The van der Waals surface area contributed by atoms with E-state index >= 15 is 0 Å². The van der Waals surface area contributed by atoms with E-state index < -0.39 is 0 Å². The van der Waals surface area contributed by atoms with E-state index in [1.54, 1.807) is 19.2 Å². The Hall–Kier alpha value is -2.43. The van der Waals surface area contributed by atoms with E-state index in [9.17, 15) is 9.18 Å². The molecule has 1 heterocycles. The molecule has 4 nitrogen and oxygen atoms in total. The van der Waals surface area contributed by atoms with Gasteiger partial charge in [0.05, 0.1) is 0 Å². The van der Waals surface area contributed by atoms with Gasteiger partial charge in [0.25, 0.3) is 5.91 Å². The van der Waals surface area contributed by atoms with Crippen molar-refractivity contribution in [3.63, 3.8) is 0 Å². The third-order valence-electron chi connectivity index (χ3n) is 2.51. The molecule has 0 atom stereocenters. The molecule has 18 heavy (non-hydrogen) atoms. The van der Waals surface area contributed by atoms with Gasteiger partial charge < -0.3 is 5.73 Å². The molecule has 1 aromatic carbocycles. The Morgan fingerprint density at radius 1 is 1.28 bits per heavy atom. The third-order valence-corrected chi connectivity index (χ3v) is 2.51. The molecule has 2 rings (SSSR count). The number of anilines is 2. The van der Waals surface area contributed by atoms with Crippen LogP contribution in [0.5, 0.6) is 0 Å². The first-order valence-corrected chi connectivity index (χ1v) is 5.33. The van der Waals surface area contributed by atoms with E-state index in [4.69, 9.17) is 5.73 Å². The zero-order valence-electron chi connectivity index (χ0n) is 9.80. The molecule has 1 amide bonds. The van der Waals surface area contributed by atoms with E-state index in [0.29, 0.717) is 17.1 Å². The van der Waals surface area contributed by atoms with Gasteiger partial charge in [0.15, 0.2) is 0 Å². The summed E-state index contributed by atoms with van der Waals surface area (Å²) in [6.45, 7) is 0. The Labute approximate surface area is 104 Å². The fourth-order valence-corrected chi connectivity index (χ4v) is 1.51. The molecule has 0 bridgehead atoms. The summed E-state index contributed by atoms with van der Waals surface area (Å²) in [6.07, 6.45) is 1.53. The second-order valence-electron chi connectivity index (χ2n) is 3.82. The molecule has 0 aliphatic carbocycles. The Bertz CT molecular complexity index is 569. The average Bonchev–Trinajstić information content (AvgIpc) is 2.38. The number of nitrogens with two attached hydrogens (primary N) is 1. The number of hydrogen-bond donors (Lipinski definition) is 1. The molecule has 0 radical (unpaired) electrons. The Morgan fingerprint density at radius 2 is 1.94 bits per heavy atom. The zero-order valence-corrected chi connectivity index (χ0v) is 9.80. The molecule has 2 N–H and O–H groups in total. The first-order valence-electron chi connectivity index (χ1n) is 5.33. The van der Waals surface area contributed by atoms with Crippen LogP contribution in [0.25, 0.3) is 0 Å². The van der Waals surface area contributed by atoms with Crippen LogP contribution >= 0.6 is 0 Å². The minimum atomic E-state index is -0.378. The number of aromatic nitrogens is 1. The lowest BCUT2D eigenvalue weighted by atomic mass is 10.2. The van der Waals surface area contributed by atoms with Crippen molar-refractivity contribution in [3.05, 3.63) is 54.0 Å². The largest absolute Gasteiger partial charge is 0.399 e. The maximum absolute atomic E-state index is 12.8. The van der Waals surface area contributed by atoms with E-state index in [1.165, 1.54) is 35.4 Å². The van der Waals surface area contributed by atoms with Crippen LogP contribution in [0.15, 0.2) is 42.6 Å². The molecule has 0 unspecified atom stereocenters. The summed E-state index contributed by atoms with van der Waals surface area (Å²) in [5.41, 5.74) is 6.55. The molecular formula is C13H12FN3O. The summed E-state index contributed by atoms with van der Waals surface area (Å²) >= 11 is 0. The lowest BCUT2D eigenvalue weighted by molar-refractivity contribution is 0.0992. The quantitative estimate of drug-likeness (QED) is 0.881. The number of halogens is 1. The summed E-state index contributed by atoms with van der Waals surface area (Å²) in [7, 11) is 1.59. The third kappa shape index (κ3) is 2.45. The van der Waals surface area contributed by atoms with E-state index in [2.05, 4.69) is 4.98 Å². The molecule has 0 spiro atoms. The molecule has 0 aliphatic rings. The summed E-state index contributed by atoms with van der Waals surface area (Å²) < 4.78 is 12.8. The fourth-order valence-electron chi connectivity index (χ4n) is 1.51. The van der Waals surface area contributed by atoms with Crippen molar-refractivity contribution in [2.24, 2.45) is 0 Å². The second-order valence-corrected chi connectivity index (χ2v) is 3.82. The van der Waals surface area contributed by atoms with Crippen molar-refractivity contribution < 1.29 is 9.18 Å². The Morgan fingerprint density at radius 3 is 2.56 bits per heavy atom. The highest BCUT2D eigenvalue weighted by atomic mass is 19.1. The fraction of sp³-hybridized carbons (Fsp3) is 0.0769. The summed E-state index contributed by atoms with van der Waals surface area (Å²) in [6, 6.07) is 8.59. The number of carbonyl (C=O) groups excluding carboxylic acids is 1. The lowest BCUT2D eigenvalue weighted by Crippen LogP contribution is -2.27. The lowest BCUT2D eigenvalue weighted by Gasteiger charge is -2.16. The van der Waals surface area contributed by atoms with E-state index in [0.717, 1.165) is 0 Å². The topological polar surface area (TPSA) is 59.2 Å². The number of pyridine rings is 1. The van der Waals surface area contributed by atoms with Crippen molar-refractivity contribution in [2.75, 3.05) is 17.7 Å². The second kappa shape index (κ2) is 4.83. The van der Waals surface area contributed by atoms with Gasteiger partial charge in [-0.2, -0.15) is 0 Å². The molecular weight excluding hydrogens is 233 g/mol. The first kappa shape index (κ1) is 12.0. The van der Waals surface area contributed by atoms with Crippen molar-refractivity contribution in [2.45, 2.75) is 0 Å². The highest BCUT2D eigenvalue weighted by molar-refractivity contribution is 6.05. The number of hydrogen-bond acceptors (Lipinski definition) is 3. The van der Waals surface area contributed by atoms with Crippen molar-refractivity contribution in [1.29, 1.82) is 0 Å². The molecule has 0 saturated heterocycles. The predicted octanol–water partition coefficient (Wildman–Crippen LogP) is 2.08. The van der Waals surface area contributed by atoms with Crippen LogP contribution in [0, 0.1) is 5.82 Å². The van der Waals surface area contributed by atoms with Gasteiger partial charge in [-0.3, -0.25) is 9.69 Å². The normalized spacial score (nSPS) is 10.1. The van der Waals surface area contributed by atoms with Crippen LogP contribution < -0.4 is 10.6 Å². The highest BCUT2D eigenvalue weighted by Crippen LogP contribution is 2.15. The van der Waals surface area contributed by atoms with Gasteiger partial charge >= 0.3 is 0 Å². The van der Waals surface area contributed by atoms with Crippen LogP contribution in [0.1, 0.15) is 10.4 Å². The maximum Gasteiger partial charge on any atom is 0.259 e.